The van der Waals surface area contributed by atoms with Crippen molar-refractivity contribution in [1.82, 2.24) is 25.6 Å². The number of sulfone groups is 1. The molecule has 5 aromatic rings. The minimum atomic E-state index is -3.48. The normalized spacial score (nSPS) is 11.5. The maximum absolute atomic E-state index is 13.4. The van der Waals surface area contributed by atoms with Gasteiger partial charge in [-0.3, -0.25) is 4.79 Å². The van der Waals surface area contributed by atoms with Crippen LogP contribution in [-0.4, -0.2) is 45.7 Å². The Kier molecular flexibility index (Phi) is 11.0. The number of aromatic amines is 1. The molecule has 0 saturated heterocycles. The van der Waals surface area contributed by atoms with E-state index in [2.05, 4.69) is 44.8 Å². The van der Waals surface area contributed by atoms with Crippen molar-refractivity contribution >= 4 is 44.4 Å². The molecule has 3 aromatic carbocycles. The summed E-state index contributed by atoms with van der Waals surface area (Å²) in [5, 5.41) is 19.9. The van der Waals surface area contributed by atoms with Crippen LogP contribution in [-0.2, 0) is 35.9 Å². The van der Waals surface area contributed by atoms with Crippen molar-refractivity contribution in [3.63, 3.8) is 0 Å². The van der Waals surface area contributed by atoms with Crippen LogP contribution in [0.25, 0.3) is 0 Å². The Hall–Kier alpha value is -4.33. The molecule has 1 amide bonds. The number of anilines is 1. The number of carbonyl (C=O) groups excluding carboxylic acids is 1. The van der Waals surface area contributed by atoms with Gasteiger partial charge in [0.15, 0.2) is 15.7 Å². The number of hydrogen-bond donors (Lipinski definition) is 2. The van der Waals surface area contributed by atoms with Gasteiger partial charge in [-0.1, -0.05) is 37.6 Å². The van der Waals surface area contributed by atoms with Gasteiger partial charge in [0.25, 0.3) is 5.91 Å². The molecule has 0 atom stereocenters. The van der Waals surface area contributed by atoms with E-state index in [1.165, 1.54) is 12.1 Å². The number of amides is 1. The first-order valence-corrected chi connectivity index (χ1v) is 17.5. The molecule has 2 N–H and O–H groups in total. The molecule has 14 heteroatoms. The molecule has 0 aliphatic heterocycles. The zero-order valence-corrected chi connectivity index (χ0v) is 27.7. The third-order valence-electron chi connectivity index (χ3n) is 6.77. The molecule has 0 bridgehead atoms. The number of aromatic nitrogens is 5. The van der Waals surface area contributed by atoms with E-state index in [9.17, 15) is 13.2 Å². The summed E-state index contributed by atoms with van der Waals surface area (Å²) in [4.78, 5) is 18.3. The molecule has 5 rings (SSSR count). The molecule has 0 spiro atoms. The predicted molar refractivity (Wildman–Crippen MR) is 176 cm³/mol. The molecule has 46 heavy (non-hydrogen) atoms. The number of nitrogens with one attached hydrogen (secondary N) is 2. The van der Waals surface area contributed by atoms with E-state index in [-0.39, 0.29) is 23.2 Å². The van der Waals surface area contributed by atoms with E-state index in [4.69, 9.17) is 21.1 Å². The molecule has 0 saturated carbocycles. The van der Waals surface area contributed by atoms with E-state index < -0.39 is 9.84 Å². The first-order valence-electron chi connectivity index (χ1n) is 14.6. The van der Waals surface area contributed by atoms with Crippen LogP contribution in [0.2, 0.25) is 5.02 Å². The Bertz CT molecular complexity index is 1860. The highest BCUT2D eigenvalue weighted by molar-refractivity contribution is 7.91. The molecule has 11 nitrogen and oxygen atoms in total. The molecule has 240 valence electrons. The third-order valence-corrected chi connectivity index (χ3v) is 9.71. The maximum Gasteiger partial charge on any atom is 0.255 e. The van der Waals surface area contributed by atoms with E-state index >= 15 is 0 Å². The van der Waals surface area contributed by atoms with Crippen molar-refractivity contribution < 1.29 is 22.7 Å². The van der Waals surface area contributed by atoms with Gasteiger partial charge in [-0.05, 0) is 95.8 Å². The zero-order valence-electron chi connectivity index (χ0n) is 25.3. The Morgan fingerprint density at radius 3 is 2.63 bits per heavy atom. The molecule has 2 heterocycles. The van der Waals surface area contributed by atoms with Crippen LogP contribution >= 0.6 is 22.9 Å². The predicted octanol–water partition coefficient (Wildman–Crippen LogP) is 6.32. The minimum Gasteiger partial charge on any atom is -0.486 e. The van der Waals surface area contributed by atoms with Crippen molar-refractivity contribution in [2.24, 2.45) is 5.92 Å². The van der Waals surface area contributed by atoms with Gasteiger partial charge in [-0.25, -0.2) is 18.5 Å². The largest absolute Gasteiger partial charge is 0.486 e. The van der Waals surface area contributed by atoms with E-state index in [1.54, 1.807) is 59.9 Å². The number of H-pyrrole nitrogens is 1. The Morgan fingerprint density at radius 1 is 1.04 bits per heavy atom. The minimum absolute atomic E-state index is 0.0418. The zero-order chi connectivity index (χ0) is 32.5. The first-order chi connectivity index (χ1) is 22.1. The average molecular weight is 681 g/mol. The number of ether oxygens (including phenoxy) is 2. The lowest BCUT2D eigenvalue weighted by Crippen LogP contribution is -2.14. The summed E-state index contributed by atoms with van der Waals surface area (Å²) in [7, 11) is -3.48. The lowest BCUT2D eigenvalue weighted by atomic mass is 10.1. The Labute approximate surface area is 276 Å². The monoisotopic (exact) mass is 680 g/mol. The van der Waals surface area contributed by atoms with Gasteiger partial charge >= 0.3 is 0 Å². The van der Waals surface area contributed by atoms with E-state index in [1.807, 2.05) is 11.4 Å². The highest BCUT2D eigenvalue weighted by Crippen LogP contribution is 2.29. The van der Waals surface area contributed by atoms with E-state index in [0.29, 0.717) is 59.0 Å². The number of hydrogen-bond acceptors (Lipinski definition) is 10. The highest BCUT2D eigenvalue weighted by atomic mass is 35.5. The van der Waals surface area contributed by atoms with Gasteiger partial charge in [0.05, 0.1) is 22.0 Å². The lowest BCUT2D eigenvalue weighted by molar-refractivity contribution is 0.102. The number of thiazole rings is 1. The molecular weight excluding hydrogens is 648 g/mol. The van der Waals surface area contributed by atoms with Gasteiger partial charge in [0.2, 0.25) is 0 Å². The van der Waals surface area contributed by atoms with Crippen LogP contribution in [0.4, 0.5) is 5.69 Å². The molecule has 2 aromatic heterocycles. The summed E-state index contributed by atoms with van der Waals surface area (Å²) in [5.74, 6) is 1.46. The number of halogens is 1. The van der Waals surface area contributed by atoms with Gasteiger partial charge < -0.3 is 14.8 Å². The van der Waals surface area contributed by atoms with Gasteiger partial charge in [-0.2, -0.15) is 0 Å². The SMILES string of the molecule is CC(C)Cc1csc(COc2cccc(C(=O)Nc3cc(CCCS(=O)(=O)c4ccc(Cl)cc4)ccc3OCc3nnn[nH]3)c2)n1. The molecule has 0 unspecified atom stereocenters. The fourth-order valence-electron chi connectivity index (χ4n) is 4.56. The third kappa shape index (κ3) is 9.35. The maximum atomic E-state index is 13.4. The second-order valence-corrected chi connectivity index (χ2v) is 14.4. The topological polar surface area (TPSA) is 149 Å². The van der Waals surface area contributed by atoms with Crippen LogP contribution in [0.15, 0.2) is 77.0 Å². The second kappa shape index (κ2) is 15.3. The van der Waals surface area contributed by atoms with Crippen molar-refractivity contribution in [3.05, 3.63) is 105 Å². The molecule has 0 fully saturated rings. The van der Waals surface area contributed by atoms with Crippen LogP contribution < -0.4 is 14.8 Å². The second-order valence-electron chi connectivity index (χ2n) is 10.9. The number of tetrazole rings is 1. The summed E-state index contributed by atoms with van der Waals surface area (Å²) in [6.07, 6.45) is 1.75. The fourth-order valence-corrected chi connectivity index (χ4v) is 6.72. The van der Waals surface area contributed by atoms with Crippen molar-refractivity contribution in [2.75, 3.05) is 11.1 Å². The molecule has 0 aliphatic rings. The number of aryl methyl sites for hydroxylation is 1. The molecule has 0 aliphatic carbocycles. The summed E-state index contributed by atoms with van der Waals surface area (Å²) in [6.45, 7) is 4.66. The molecular formula is C32H33ClN6O5S2. The quantitative estimate of drug-likeness (QED) is 0.129. The van der Waals surface area contributed by atoms with Crippen molar-refractivity contribution in [2.45, 2.75) is 51.2 Å². The number of nitrogens with zero attached hydrogens (tertiary/aromatic N) is 4. The van der Waals surface area contributed by atoms with Crippen LogP contribution in [0, 0.1) is 5.92 Å². The Balaban J connectivity index is 1.26. The van der Waals surface area contributed by atoms with Crippen LogP contribution in [0.1, 0.15) is 52.7 Å². The van der Waals surface area contributed by atoms with Gasteiger partial charge in [0.1, 0.15) is 29.7 Å². The summed E-state index contributed by atoms with van der Waals surface area (Å²) in [6, 6.07) is 18.4. The van der Waals surface area contributed by atoms with Gasteiger partial charge in [-0.15, -0.1) is 16.4 Å². The number of rotatable bonds is 15. The van der Waals surface area contributed by atoms with Crippen molar-refractivity contribution in [1.29, 1.82) is 0 Å². The Morgan fingerprint density at radius 2 is 1.87 bits per heavy atom. The van der Waals surface area contributed by atoms with E-state index in [0.717, 1.165) is 22.7 Å². The van der Waals surface area contributed by atoms with Crippen molar-refractivity contribution in [3.8, 4) is 11.5 Å². The number of benzene rings is 3. The first kappa shape index (κ1) is 33.0. The van der Waals surface area contributed by atoms with Crippen LogP contribution in [0.5, 0.6) is 11.5 Å². The lowest BCUT2D eigenvalue weighted by Gasteiger charge is -2.14. The molecule has 0 radical (unpaired) electrons. The standard InChI is InChI=1S/C32H33ClN6O5S2/c1-21(2)15-25-20-45-31(34-25)19-43-26-7-3-6-23(17-26)32(40)35-28-16-22(8-13-29(28)44-18-30-36-38-39-37-30)5-4-14-46(41,42)27-11-9-24(33)10-12-27/h3,6-13,16-17,20-21H,4-5,14-15,18-19H2,1-2H3,(H,35,40)(H,36,37,38,39). The summed E-state index contributed by atoms with van der Waals surface area (Å²) in [5.41, 5.74) is 2.69. The summed E-state index contributed by atoms with van der Waals surface area (Å²) < 4.78 is 37.5. The fraction of sp³-hybridized carbons (Fsp3) is 0.281. The van der Waals surface area contributed by atoms with Crippen LogP contribution in [0.3, 0.4) is 0 Å². The average Bonchev–Trinajstić information content (AvgIpc) is 3.72. The highest BCUT2D eigenvalue weighted by Gasteiger charge is 2.16. The summed E-state index contributed by atoms with van der Waals surface area (Å²) >= 11 is 7.46. The van der Waals surface area contributed by atoms with Gasteiger partial charge in [0, 0.05) is 16.0 Å². The number of carbonyl (C=O) groups is 1. The smallest absolute Gasteiger partial charge is 0.255 e.